The lowest BCUT2D eigenvalue weighted by molar-refractivity contribution is 0.265. The van der Waals surface area contributed by atoms with Crippen molar-refractivity contribution in [3.8, 4) is 17.2 Å². The fourth-order valence-corrected chi connectivity index (χ4v) is 2.34. The molecule has 0 aromatic heterocycles. The highest BCUT2D eigenvalue weighted by molar-refractivity contribution is 9.10. The van der Waals surface area contributed by atoms with Crippen LogP contribution in [0.4, 0.5) is 0 Å². The fraction of sp³-hybridized carbons (Fsp3) is 0.333. The van der Waals surface area contributed by atoms with E-state index in [1.807, 2.05) is 55.5 Å². The predicted octanol–water partition coefficient (Wildman–Crippen LogP) is 5.09. The van der Waals surface area contributed by atoms with Crippen LogP contribution in [0.5, 0.6) is 17.2 Å². The van der Waals surface area contributed by atoms with Gasteiger partial charge in [0.2, 0.25) is 0 Å². The highest BCUT2D eigenvalue weighted by atomic mass is 79.9. The molecule has 22 heavy (non-hydrogen) atoms. The molecule has 0 aliphatic rings. The van der Waals surface area contributed by atoms with Crippen molar-refractivity contribution in [3.63, 3.8) is 0 Å². The lowest BCUT2D eigenvalue weighted by Crippen LogP contribution is -2.02. The van der Waals surface area contributed by atoms with E-state index < -0.39 is 0 Å². The normalized spacial score (nSPS) is 10.3. The zero-order valence-corrected chi connectivity index (χ0v) is 14.3. The topological polar surface area (TPSA) is 27.7 Å². The quantitative estimate of drug-likeness (QED) is 0.580. The minimum atomic E-state index is 0.678. The van der Waals surface area contributed by atoms with E-state index in [0.717, 1.165) is 34.6 Å². The molecule has 0 radical (unpaired) electrons. The molecule has 0 saturated carbocycles. The molecule has 0 heterocycles. The van der Waals surface area contributed by atoms with Crippen LogP contribution in [0.25, 0.3) is 0 Å². The molecule has 4 heteroatoms. The van der Waals surface area contributed by atoms with Crippen LogP contribution in [0.1, 0.15) is 19.8 Å². The van der Waals surface area contributed by atoms with Crippen LogP contribution in [-0.2, 0) is 0 Å². The Labute approximate surface area is 140 Å². The number of benzene rings is 2. The molecule has 2 rings (SSSR count). The molecule has 0 atom stereocenters. The molecule has 0 fully saturated rings. The van der Waals surface area contributed by atoms with Crippen molar-refractivity contribution in [2.75, 3.05) is 19.8 Å². The van der Waals surface area contributed by atoms with Crippen LogP contribution >= 0.6 is 15.9 Å². The van der Waals surface area contributed by atoms with Crippen molar-refractivity contribution < 1.29 is 14.2 Å². The number of unbranched alkanes of at least 4 members (excludes halogenated alkanes) is 1. The summed E-state index contributed by atoms with van der Waals surface area (Å²) in [6.07, 6.45) is 1.91. The van der Waals surface area contributed by atoms with E-state index in [2.05, 4.69) is 15.9 Å². The maximum atomic E-state index is 5.71. The van der Waals surface area contributed by atoms with Gasteiger partial charge < -0.3 is 14.2 Å². The molecule has 3 nitrogen and oxygen atoms in total. The van der Waals surface area contributed by atoms with Crippen LogP contribution in [0, 0.1) is 0 Å². The summed E-state index contributed by atoms with van der Waals surface area (Å²) >= 11 is 3.47. The smallest absolute Gasteiger partial charge is 0.133 e. The molecule has 0 bridgehead atoms. The summed E-state index contributed by atoms with van der Waals surface area (Å²) in [6.45, 7) is 4.03. The van der Waals surface area contributed by atoms with E-state index in [4.69, 9.17) is 14.2 Å². The number of para-hydroxylation sites is 1. The van der Waals surface area contributed by atoms with Gasteiger partial charge in [-0.05, 0) is 72.1 Å². The monoisotopic (exact) mass is 364 g/mol. The van der Waals surface area contributed by atoms with Gasteiger partial charge in [0.15, 0.2) is 0 Å². The van der Waals surface area contributed by atoms with Gasteiger partial charge in [-0.1, -0.05) is 12.1 Å². The predicted molar refractivity (Wildman–Crippen MR) is 92.0 cm³/mol. The third-order valence-corrected chi connectivity index (χ3v) is 3.69. The maximum absolute atomic E-state index is 5.71. The third kappa shape index (κ3) is 5.60. The molecule has 0 aliphatic heterocycles. The third-order valence-electron chi connectivity index (χ3n) is 3.04. The zero-order valence-electron chi connectivity index (χ0n) is 12.8. The summed E-state index contributed by atoms with van der Waals surface area (Å²) in [6, 6.07) is 15.6. The van der Waals surface area contributed by atoms with Crippen molar-refractivity contribution in [2.24, 2.45) is 0 Å². The Kier molecular flexibility index (Phi) is 7.10. The molecule has 0 N–H and O–H groups in total. The number of rotatable bonds is 9. The minimum absolute atomic E-state index is 0.678. The van der Waals surface area contributed by atoms with Gasteiger partial charge in [0, 0.05) is 0 Å². The average molecular weight is 365 g/mol. The van der Waals surface area contributed by atoms with Crippen LogP contribution in [-0.4, -0.2) is 19.8 Å². The highest BCUT2D eigenvalue weighted by Crippen LogP contribution is 2.24. The van der Waals surface area contributed by atoms with Crippen molar-refractivity contribution in [3.05, 3.63) is 53.0 Å². The summed E-state index contributed by atoms with van der Waals surface area (Å²) in [4.78, 5) is 0. The lowest BCUT2D eigenvalue weighted by Gasteiger charge is -2.09. The summed E-state index contributed by atoms with van der Waals surface area (Å²) in [5.74, 6) is 2.63. The Morgan fingerprint density at radius 2 is 1.36 bits per heavy atom. The number of hydrogen-bond donors (Lipinski definition) is 0. The second kappa shape index (κ2) is 9.36. The largest absolute Gasteiger partial charge is 0.494 e. The first-order chi connectivity index (χ1) is 10.8. The van der Waals surface area contributed by atoms with Gasteiger partial charge in [0.25, 0.3) is 0 Å². The Morgan fingerprint density at radius 1 is 0.773 bits per heavy atom. The fourth-order valence-electron chi connectivity index (χ4n) is 1.94. The Morgan fingerprint density at radius 3 is 2.00 bits per heavy atom. The van der Waals surface area contributed by atoms with E-state index in [0.29, 0.717) is 19.8 Å². The van der Waals surface area contributed by atoms with Crippen LogP contribution in [0.2, 0.25) is 0 Å². The van der Waals surface area contributed by atoms with Gasteiger partial charge in [-0.3, -0.25) is 0 Å². The van der Waals surface area contributed by atoms with E-state index in [9.17, 15) is 0 Å². The molecule has 2 aromatic rings. The van der Waals surface area contributed by atoms with Crippen molar-refractivity contribution in [2.45, 2.75) is 19.8 Å². The van der Waals surface area contributed by atoms with E-state index >= 15 is 0 Å². The van der Waals surface area contributed by atoms with Gasteiger partial charge in [0.1, 0.15) is 17.2 Å². The molecule has 0 aliphatic carbocycles. The van der Waals surface area contributed by atoms with Crippen molar-refractivity contribution in [1.82, 2.24) is 0 Å². The van der Waals surface area contributed by atoms with Crippen LogP contribution in [0.3, 0.4) is 0 Å². The SMILES string of the molecule is CCOc1ccc(OCCCCOc2ccccc2Br)cc1. The summed E-state index contributed by atoms with van der Waals surface area (Å²) in [5.41, 5.74) is 0. The highest BCUT2D eigenvalue weighted by Gasteiger charge is 1.99. The van der Waals surface area contributed by atoms with E-state index in [-0.39, 0.29) is 0 Å². The molecular weight excluding hydrogens is 344 g/mol. The second-order valence-electron chi connectivity index (χ2n) is 4.74. The van der Waals surface area contributed by atoms with Crippen LogP contribution < -0.4 is 14.2 Å². The summed E-state index contributed by atoms with van der Waals surface area (Å²) < 4.78 is 17.8. The standard InChI is InChI=1S/C18H21BrO3/c1-2-20-15-9-11-16(12-10-15)21-13-5-6-14-22-18-8-4-3-7-17(18)19/h3-4,7-12H,2,5-6,13-14H2,1H3. The summed E-state index contributed by atoms with van der Waals surface area (Å²) in [7, 11) is 0. The maximum Gasteiger partial charge on any atom is 0.133 e. The van der Waals surface area contributed by atoms with E-state index in [1.54, 1.807) is 0 Å². The van der Waals surface area contributed by atoms with Gasteiger partial charge in [-0.2, -0.15) is 0 Å². The first kappa shape index (κ1) is 16.7. The van der Waals surface area contributed by atoms with Gasteiger partial charge in [-0.15, -0.1) is 0 Å². The Balaban J connectivity index is 1.60. The van der Waals surface area contributed by atoms with Gasteiger partial charge >= 0.3 is 0 Å². The Bertz CT molecular complexity index is 555. The molecule has 0 unspecified atom stereocenters. The van der Waals surface area contributed by atoms with Crippen LogP contribution in [0.15, 0.2) is 53.0 Å². The molecule has 0 saturated heterocycles. The second-order valence-corrected chi connectivity index (χ2v) is 5.59. The minimum Gasteiger partial charge on any atom is -0.494 e. The molecule has 0 amide bonds. The lowest BCUT2D eigenvalue weighted by atomic mass is 10.3. The van der Waals surface area contributed by atoms with Crippen molar-refractivity contribution >= 4 is 15.9 Å². The van der Waals surface area contributed by atoms with Crippen molar-refractivity contribution in [1.29, 1.82) is 0 Å². The summed E-state index contributed by atoms with van der Waals surface area (Å²) in [5, 5.41) is 0. The Hall–Kier alpha value is -1.68. The molecule has 0 spiro atoms. The number of ether oxygens (including phenoxy) is 3. The molecular formula is C18H21BrO3. The average Bonchev–Trinajstić information content (AvgIpc) is 2.54. The van der Waals surface area contributed by atoms with Gasteiger partial charge in [-0.25, -0.2) is 0 Å². The zero-order chi connectivity index (χ0) is 15.6. The first-order valence-electron chi connectivity index (χ1n) is 7.52. The number of halogens is 1. The number of hydrogen-bond acceptors (Lipinski definition) is 3. The first-order valence-corrected chi connectivity index (χ1v) is 8.32. The van der Waals surface area contributed by atoms with E-state index in [1.165, 1.54) is 0 Å². The molecule has 118 valence electrons. The molecule has 2 aromatic carbocycles. The van der Waals surface area contributed by atoms with Gasteiger partial charge in [0.05, 0.1) is 24.3 Å².